The molecule has 3 atom stereocenters. The molecular weight excluding hydrogens is 400 g/mol. The van der Waals surface area contributed by atoms with Crippen molar-refractivity contribution >= 4 is 0 Å². The molecule has 180 valence electrons. The molecule has 0 radical (unpaired) electrons. The van der Waals surface area contributed by atoms with Gasteiger partial charge in [-0.25, -0.2) is 0 Å². The number of hydrogen-bond donors (Lipinski definition) is 0. The number of hydrogen-bond acceptors (Lipinski definition) is 1. The average Bonchev–Trinajstić information content (AvgIpc) is 3.17. The van der Waals surface area contributed by atoms with E-state index in [9.17, 15) is 0 Å². The lowest BCUT2D eigenvalue weighted by molar-refractivity contribution is 0.152. The minimum atomic E-state index is 0.416. The predicted octanol–water partition coefficient (Wildman–Crippen LogP) is 9.80. The van der Waals surface area contributed by atoms with Gasteiger partial charge < -0.3 is 4.74 Å². The summed E-state index contributed by atoms with van der Waals surface area (Å²) in [4.78, 5) is 0. The highest BCUT2D eigenvalue weighted by Gasteiger charge is 2.60. The second-order valence-electron chi connectivity index (χ2n) is 11.7. The molecular formula is C32H46O. The lowest BCUT2D eigenvalue weighted by Crippen LogP contribution is -2.26. The molecule has 2 bridgehead atoms. The first-order valence-corrected chi connectivity index (χ1v) is 13.8. The zero-order valence-electron chi connectivity index (χ0n) is 21.7. The van der Waals surface area contributed by atoms with Crippen LogP contribution in [0, 0.1) is 16.7 Å². The summed E-state index contributed by atoms with van der Waals surface area (Å²) in [7, 11) is 0. The van der Waals surface area contributed by atoms with Crippen LogP contribution >= 0.6 is 0 Å². The quantitative estimate of drug-likeness (QED) is 0.295. The third kappa shape index (κ3) is 5.18. The van der Waals surface area contributed by atoms with Crippen LogP contribution in [0.3, 0.4) is 0 Å². The van der Waals surface area contributed by atoms with Crippen LogP contribution in [0.1, 0.15) is 110 Å². The van der Waals surface area contributed by atoms with Crippen molar-refractivity contribution in [2.24, 2.45) is 16.7 Å². The van der Waals surface area contributed by atoms with Crippen LogP contribution in [0.2, 0.25) is 0 Å². The number of benzene rings is 2. The van der Waals surface area contributed by atoms with Crippen molar-refractivity contribution in [2.45, 2.75) is 104 Å². The highest BCUT2D eigenvalue weighted by Crippen LogP contribution is 2.70. The van der Waals surface area contributed by atoms with Crippen molar-refractivity contribution in [1.82, 2.24) is 0 Å². The van der Waals surface area contributed by atoms with Crippen LogP contribution in [0.15, 0.2) is 48.5 Å². The van der Waals surface area contributed by atoms with Crippen molar-refractivity contribution in [1.29, 1.82) is 0 Å². The van der Waals surface area contributed by atoms with E-state index in [2.05, 4.69) is 76.2 Å². The van der Waals surface area contributed by atoms with Gasteiger partial charge in [-0.2, -0.15) is 0 Å². The Labute approximate surface area is 203 Å². The molecule has 2 saturated carbocycles. The van der Waals surface area contributed by atoms with Crippen molar-refractivity contribution in [3.8, 4) is 16.9 Å². The Morgan fingerprint density at radius 1 is 0.848 bits per heavy atom. The summed E-state index contributed by atoms with van der Waals surface area (Å²) in [5.74, 6) is 2.48. The Morgan fingerprint density at radius 3 is 2.18 bits per heavy atom. The number of fused-ring (bicyclic) bond motifs is 2. The Morgan fingerprint density at radius 2 is 1.55 bits per heavy atom. The van der Waals surface area contributed by atoms with Gasteiger partial charge in [-0.3, -0.25) is 0 Å². The molecule has 2 aliphatic rings. The van der Waals surface area contributed by atoms with E-state index >= 15 is 0 Å². The summed E-state index contributed by atoms with van der Waals surface area (Å²) in [6, 6.07) is 17.9. The topological polar surface area (TPSA) is 9.23 Å². The molecule has 0 aliphatic heterocycles. The molecule has 0 unspecified atom stereocenters. The first-order valence-electron chi connectivity index (χ1n) is 13.8. The van der Waals surface area contributed by atoms with Crippen LogP contribution in [0.25, 0.3) is 11.1 Å². The molecule has 0 aromatic heterocycles. The molecule has 1 nitrogen and oxygen atoms in total. The van der Waals surface area contributed by atoms with Gasteiger partial charge in [-0.05, 0) is 77.2 Å². The fourth-order valence-corrected chi connectivity index (χ4v) is 6.87. The highest BCUT2D eigenvalue weighted by atomic mass is 16.5. The standard InChI is InChI=1S/C32H46O/c1-5-6-7-8-9-10-11-15-22-33-26-18-19-27(25-16-13-12-14-17-25)28(23-26)29-24-32(4)21-20-30(29)31(32,2)3/h12-14,16-19,23,29-30H,5-11,15,20-22,24H2,1-4H3/t29-,30-,32-/m0/s1. The maximum Gasteiger partial charge on any atom is 0.119 e. The zero-order valence-corrected chi connectivity index (χ0v) is 21.7. The molecule has 2 fully saturated rings. The number of ether oxygens (including phenoxy) is 1. The molecule has 0 heterocycles. The average molecular weight is 447 g/mol. The van der Waals surface area contributed by atoms with E-state index < -0.39 is 0 Å². The summed E-state index contributed by atoms with van der Waals surface area (Å²) in [6.45, 7) is 10.7. The maximum absolute atomic E-state index is 6.30. The van der Waals surface area contributed by atoms with Crippen molar-refractivity contribution < 1.29 is 4.74 Å². The Bertz CT molecular complexity index is 880. The summed E-state index contributed by atoms with van der Waals surface area (Å²) in [5.41, 5.74) is 5.15. The molecule has 0 N–H and O–H groups in total. The van der Waals surface area contributed by atoms with E-state index in [1.54, 1.807) is 0 Å². The molecule has 33 heavy (non-hydrogen) atoms. The first kappa shape index (κ1) is 24.4. The molecule has 2 aromatic carbocycles. The lowest BCUT2D eigenvalue weighted by Gasteiger charge is -2.34. The predicted molar refractivity (Wildman–Crippen MR) is 142 cm³/mol. The molecule has 2 aromatic rings. The lowest BCUT2D eigenvalue weighted by atomic mass is 9.71. The van der Waals surface area contributed by atoms with Gasteiger partial charge in [0.1, 0.15) is 5.75 Å². The monoisotopic (exact) mass is 446 g/mol. The van der Waals surface area contributed by atoms with Gasteiger partial charge in [0.05, 0.1) is 6.61 Å². The summed E-state index contributed by atoms with van der Waals surface area (Å²) >= 11 is 0. The van der Waals surface area contributed by atoms with Crippen LogP contribution in [-0.4, -0.2) is 6.61 Å². The Hall–Kier alpha value is -1.76. The molecule has 0 amide bonds. The van der Waals surface area contributed by atoms with E-state index in [1.165, 1.54) is 87.3 Å². The normalized spacial score (nSPS) is 25.5. The third-order valence-corrected chi connectivity index (χ3v) is 9.42. The molecule has 0 saturated heterocycles. The zero-order chi connectivity index (χ0) is 23.3. The molecule has 2 aliphatic carbocycles. The second-order valence-corrected chi connectivity index (χ2v) is 11.7. The van der Waals surface area contributed by atoms with E-state index in [-0.39, 0.29) is 0 Å². The minimum absolute atomic E-state index is 0.416. The minimum Gasteiger partial charge on any atom is -0.494 e. The van der Waals surface area contributed by atoms with Crippen LogP contribution < -0.4 is 4.74 Å². The van der Waals surface area contributed by atoms with Crippen LogP contribution in [-0.2, 0) is 0 Å². The van der Waals surface area contributed by atoms with Gasteiger partial charge in [0.2, 0.25) is 0 Å². The van der Waals surface area contributed by atoms with Gasteiger partial charge in [0, 0.05) is 0 Å². The SMILES string of the molecule is CCCCCCCCCCOc1ccc(-c2ccccc2)c([C@@H]2C[C@]3(C)CC[C@@H]2C3(C)C)c1. The molecule has 1 heteroatoms. The number of unbranched alkanes of at least 4 members (excludes halogenated alkanes) is 7. The third-order valence-electron chi connectivity index (χ3n) is 9.42. The molecule has 4 rings (SSSR count). The number of rotatable bonds is 12. The second kappa shape index (κ2) is 10.7. The summed E-state index contributed by atoms with van der Waals surface area (Å²) in [5, 5.41) is 0. The summed E-state index contributed by atoms with van der Waals surface area (Å²) in [6.07, 6.45) is 14.8. The van der Waals surface area contributed by atoms with E-state index in [0.717, 1.165) is 18.3 Å². The highest BCUT2D eigenvalue weighted by molar-refractivity contribution is 5.69. The van der Waals surface area contributed by atoms with Gasteiger partial charge in [0.15, 0.2) is 0 Å². The van der Waals surface area contributed by atoms with E-state index in [0.29, 0.717) is 16.7 Å². The Kier molecular flexibility index (Phi) is 7.87. The van der Waals surface area contributed by atoms with E-state index in [1.807, 2.05) is 0 Å². The maximum atomic E-state index is 6.30. The summed E-state index contributed by atoms with van der Waals surface area (Å²) < 4.78 is 6.30. The van der Waals surface area contributed by atoms with Crippen molar-refractivity contribution in [3.05, 3.63) is 54.1 Å². The van der Waals surface area contributed by atoms with Gasteiger partial charge >= 0.3 is 0 Å². The van der Waals surface area contributed by atoms with Crippen LogP contribution in [0.5, 0.6) is 5.75 Å². The van der Waals surface area contributed by atoms with E-state index in [4.69, 9.17) is 4.74 Å². The first-order chi connectivity index (χ1) is 16.0. The fourth-order valence-electron chi connectivity index (χ4n) is 6.87. The fraction of sp³-hybridized carbons (Fsp3) is 0.625. The largest absolute Gasteiger partial charge is 0.494 e. The smallest absolute Gasteiger partial charge is 0.119 e. The van der Waals surface area contributed by atoms with Crippen molar-refractivity contribution in [3.63, 3.8) is 0 Å². The van der Waals surface area contributed by atoms with Gasteiger partial charge in [-0.15, -0.1) is 0 Å². The van der Waals surface area contributed by atoms with Crippen LogP contribution in [0.4, 0.5) is 0 Å². The van der Waals surface area contributed by atoms with Crippen molar-refractivity contribution in [2.75, 3.05) is 6.61 Å². The van der Waals surface area contributed by atoms with Gasteiger partial charge in [0.25, 0.3) is 0 Å². The Balaban J connectivity index is 1.43. The van der Waals surface area contributed by atoms with Gasteiger partial charge in [-0.1, -0.05) is 109 Å². The molecule has 0 spiro atoms.